The van der Waals surface area contributed by atoms with Crippen LogP contribution in [-0.2, 0) is 9.53 Å². The first-order valence-electron chi connectivity index (χ1n) is 7.77. The van der Waals surface area contributed by atoms with Gasteiger partial charge in [-0.05, 0) is 38.6 Å². The van der Waals surface area contributed by atoms with Crippen LogP contribution in [0.15, 0.2) is 0 Å². The van der Waals surface area contributed by atoms with Gasteiger partial charge in [0.1, 0.15) is 5.60 Å². The van der Waals surface area contributed by atoms with Crippen molar-refractivity contribution in [2.24, 2.45) is 5.92 Å². The van der Waals surface area contributed by atoms with Gasteiger partial charge in [0.15, 0.2) is 0 Å². The molecule has 2 aliphatic rings. The van der Waals surface area contributed by atoms with Crippen molar-refractivity contribution in [3.05, 3.63) is 0 Å². The highest BCUT2D eigenvalue weighted by molar-refractivity contribution is 5.85. The highest BCUT2D eigenvalue weighted by atomic mass is 16.5. The highest BCUT2D eigenvalue weighted by Crippen LogP contribution is 2.30. The van der Waals surface area contributed by atoms with Gasteiger partial charge in [-0.3, -0.25) is 4.79 Å². The summed E-state index contributed by atoms with van der Waals surface area (Å²) in [5.41, 5.74) is -0.552. The molecule has 4 nitrogen and oxygen atoms in total. The van der Waals surface area contributed by atoms with Crippen molar-refractivity contribution >= 4 is 5.91 Å². The summed E-state index contributed by atoms with van der Waals surface area (Å²) in [7, 11) is 0. The van der Waals surface area contributed by atoms with Gasteiger partial charge in [0.05, 0.1) is 0 Å². The van der Waals surface area contributed by atoms with Crippen LogP contribution in [0, 0.1) is 5.92 Å². The molecule has 2 rings (SSSR count). The monoisotopic (exact) mass is 268 g/mol. The van der Waals surface area contributed by atoms with E-state index >= 15 is 0 Å². The summed E-state index contributed by atoms with van der Waals surface area (Å²) >= 11 is 0. The Bertz CT molecular complexity index is 313. The van der Waals surface area contributed by atoms with Crippen LogP contribution in [-0.4, -0.2) is 48.7 Å². The molecule has 2 aliphatic heterocycles. The number of carbonyl (C=O) groups excluding carboxylic acids is 1. The molecule has 4 heteroatoms. The first-order chi connectivity index (χ1) is 9.10. The normalized spacial score (nSPS) is 35.6. The van der Waals surface area contributed by atoms with Gasteiger partial charge in [-0.2, -0.15) is 0 Å². The van der Waals surface area contributed by atoms with E-state index in [2.05, 4.69) is 19.2 Å². The molecule has 19 heavy (non-hydrogen) atoms. The van der Waals surface area contributed by atoms with Crippen LogP contribution in [0.1, 0.15) is 46.5 Å². The molecule has 3 unspecified atom stereocenters. The van der Waals surface area contributed by atoms with Crippen LogP contribution >= 0.6 is 0 Å². The van der Waals surface area contributed by atoms with Gasteiger partial charge < -0.3 is 15.0 Å². The number of rotatable bonds is 4. The van der Waals surface area contributed by atoms with E-state index in [1.165, 1.54) is 0 Å². The molecule has 0 aromatic rings. The second kappa shape index (κ2) is 6.23. The molecule has 2 heterocycles. The maximum Gasteiger partial charge on any atom is 0.254 e. The van der Waals surface area contributed by atoms with E-state index in [1.54, 1.807) is 0 Å². The van der Waals surface area contributed by atoms with Crippen LogP contribution in [0.3, 0.4) is 0 Å². The van der Waals surface area contributed by atoms with Crippen molar-refractivity contribution in [2.45, 2.75) is 58.1 Å². The smallest absolute Gasteiger partial charge is 0.254 e. The molecule has 110 valence electrons. The maximum absolute atomic E-state index is 12.6. The third-order valence-electron chi connectivity index (χ3n) is 4.68. The van der Waals surface area contributed by atoms with Crippen LogP contribution < -0.4 is 5.32 Å². The Balaban J connectivity index is 1.97. The van der Waals surface area contributed by atoms with Gasteiger partial charge in [0, 0.05) is 25.7 Å². The van der Waals surface area contributed by atoms with Gasteiger partial charge in [-0.25, -0.2) is 0 Å². The summed E-state index contributed by atoms with van der Waals surface area (Å²) < 4.78 is 5.69. The number of hydrogen-bond acceptors (Lipinski definition) is 3. The zero-order chi connectivity index (χ0) is 13.9. The molecule has 3 atom stereocenters. The average Bonchev–Trinajstić information content (AvgIpc) is 2.87. The maximum atomic E-state index is 12.6. The number of ether oxygens (including phenoxy) is 1. The predicted molar refractivity (Wildman–Crippen MR) is 76.0 cm³/mol. The summed E-state index contributed by atoms with van der Waals surface area (Å²) in [5.74, 6) is 0.779. The molecule has 1 N–H and O–H groups in total. The fourth-order valence-corrected chi connectivity index (χ4v) is 3.44. The third-order valence-corrected chi connectivity index (χ3v) is 4.68. The van der Waals surface area contributed by atoms with Crippen LogP contribution in [0.4, 0.5) is 0 Å². The minimum atomic E-state index is -0.552. The van der Waals surface area contributed by atoms with Crippen molar-refractivity contribution in [2.75, 3.05) is 26.2 Å². The van der Waals surface area contributed by atoms with Crippen molar-refractivity contribution in [3.8, 4) is 0 Å². The summed E-state index contributed by atoms with van der Waals surface area (Å²) in [4.78, 5) is 14.7. The van der Waals surface area contributed by atoms with E-state index in [9.17, 15) is 4.79 Å². The molecule has 0 spiro atoms. The van der Waals surface area contributed by atoms with Gasteiger partial charge in [-0.15, -0.1) is 0 Å². The Hall–Kier alpha value is -0.610. The summed E-state index contributed by atoms with van der Waals surface area (Å²) in [5, 5.41) is 3.55. The van der Waals surface area contributed by atoms with E-state index in [4.69, 9.17) is 4.74 Å². The minimum Gasteiger partial charge on any atom is -0.365 e. The number of likely N-dealkylation sites (tertiary alicyclic amines) is 1. The lowest BCUT2D eigenvalue weighted by Gasteiger charge is -2.41. The zero-order valence-corrected chi connectivity index (χ0v) is 12.6. The van der Waals surface area contributed by atoms with Crippen LogP contribution in [0.2, 0.25) is 0 Å². The Morgan fingerprint density at radius 2 is 2.26 bits per heavy atom. The van der Waals surface area contributed by atoms with Crippen molar-refractivity contribution in [1.82, 2.24) is 10.2 Å². The topological polar surface area (TPSA) is 41.6 Å². The minimum absolute atomic E-state index is 0.207. The summed E-state index contributed by atoms with van der Waals surface area (Å²) in [6, 6.07) is 0.566. The largest absolute Gasteiger partial charge is 0.365 e. The quantitative estimate of drug-likeness (QED) is 0.845. The number of amides is 1. The van der Waals surface area contributed by atoms with Crippen molar-refractivity contribution in [3.63, 3.8) is 0 Å². The lowest BCUT2D eigenvalue weighted by atomic mass is 9.88. The summed E-state index contributed by atoms with van der Waals surface area (Å²) in [6.07, 6.45) is 4.07. The first kappa shape index (κ1) is 14.8. The Labute approximate surface area is 116 Å². The molecule has 2 saturated heterocycles. The van der Waals surface area contributed by atoms with Crippen molar-refractivity contribution < 1.29 is 9.53 Å². The van der Waals surface area contributed by atoms with E-state index in [1.807, 2.05) is 11.8 Å². The molecule has 1 amide bonds. The Kier molecular flexibility index (Phi) is 4.85. The van der Waals surface area contributed by atoms with Crippen molar-refractivity contribution in [1.29, 1.82) is 0 Å². The molecular formula is C15H28N2O2. The molecular weight excluding hydrogens is 240 g/mol. The van der Waals surface area contributed by atoms with Gasteiger partial charge in [0.2, 0.25) is 0 Å². The van der Waals surface area contributed by atoms with Gasteiger partial charge >= 0.3 is 0 Å². The van der Waals surface area contributed by atoms with Crippen LogP contribution in [0.25, 0.3) is 0 Å². The first-order valence-corrected chi connectivity index (χ1v) is 7.77. The van der Waals surface area contributed by atoms with E-state index in [0.717, 1.165) is 51.9 Å². The predicted octanol–water partition coefficient (Wildman–Crippen LogP) is 1.79. The number of nitrogens with zero attached hydrogens (tertiary/aromatic N) is 1. The second-order valence-corrected chi connectivity index (χ2v) is 6.06. The number of nitrogens with one attached hydrogen (secondary N) is 1. The average molecular weight is 268 g/mol. The fraction of sp³-hybridized carbons (Fsp3) is 0.933. The van der Waals surface area contributed by atoms with Gasteiger partial charge in [0.25, 0.3) is 5.91 Å². The number of carbonyl (C=O) groups is 1. The number of piperidine rings is 1. The number of hydrogen-bond donors (Lipinski definition) is 1. The molecule has 0 bridgehead atoms. The lowest BCUT2D eigenvalue weighted by molar-refractivity contribution is -0.153. The second-order valence-electron chi connectivity index (χ2n) is 6.06. The van der Waals surface area contributed by atoms with E-state index in [-0.39, 0.29) is 5.91 Å². The Morgan fingerprint density at radius 1 is 1.47 bits per heavy atom. The molecule has 0 aromatic heterocycles. The van der Waals surface area contributed by atoms with E-state index < -0.39 is 5.60 Å². The lowest BCUT2D eigenvalue weighted by Crippen LogP contribution is -2.55. The molecule has 0 radical (unpaired) electrons. The molecule has 0 aliphatic carbocycles. The molecule has 0 aromatic carbocycles. The molecule has 2 fully saturated rings. The van der Waals surface area contributed by atoms with Gasteiger partial charge in [-0.1, -0.05) is 20.3 Å². The molecule has 0 saturated carbocycles. The Morgan fingerprint density at radius 3 is 2.84 bits per heavy atom. The third kappa shape index (κ3) is 3.11. The standard InChI is InChI=1S/C15H28N2O2/c1-4-12-11-17(9-7-13(12)16-5-2)14(18)15(3)8-6-10-19-15/h12-13,16H,4-11H2,1-3H3. The van der Waals surface area contributed by atoms with E-state index in [0.29, 0.717) is 12.0 Å². The summed E-state index contributed by atoms with van der Waals surface area (Å²) in [6.45, 7) is 9.81. The highest BCUT2D eigenvalue weighted by Gasteiger charge is 2.42. The SMILES string of the molecule is CCNC1CCN(C(=O)C2(C)CCCO2)CC1CC. The zero-order valence-electron chi connectivity index (χ0n) is 12.6. The van der Waals surface area contributed by atoms with Crippen LogP contribution in [0.5, 0.6) is 0 Å². The fourth-order valence-electron chi connectivity index (χ4n) is 3.44.